The zero-order valence-corrected chi connectivity index (χ0v) is 5.78. The predicted octanol–water partition coefficient (Wildman–Crippen LogP) is 1.50. The average Bonchev–Trinajstić information content (AvgIpc) is 1.89. The van der Waals surface area contributed by atoms with E-state index in [0.29, 0.717) is 0 Å². The molecule has 0 amide bonds. The predicted molar refractivity (Wildman–Crippen MR) is 41.4 cm³/mol. The van der Waals surface area contributed by atoms with Crippen LogP contribution in [0.2, 0.25) is 0 Å². The van der Waals surface area contributed by atoms with Crippen molar-refractivity contribution in [1.29, 1.82) is 0 Å². The van der Waals surface area contributed by atoms with Crippen LogP contribution in [-0.2, 0) is 0 Å². The summed E-state index contributed by atoms with van der Waals surface area (Å²) in [5.41, 5.74) is 0. The summed E-state index contributed by atoms with van der Waals surface area (Å²) in [5.74, 6) is 0. The first-order valence-electron chi connectivity index (χ1n) is 2.93. The summed E-state index contributed by atoms with van der Waals surface area (Å²) in [4.78, 5) is 3.71. The summed E-state index contributed by atoms with van der Waals surface area (Å²) in [6, 6.07) is 0. The first-order chi connectivity index (χ1) is 4.41. The molecule has 0 aliphatic heterocycles. The molecule has 0 saturated heterocycles. The Balaban J connectivity index is 3.35. The topological polar surface area (TPSA) is 37.1 Å². The van der Waals surface area contributed by atoms with Crippen molar-refractivity contribution in [3.05, 3.63) is 0 Å². The van der Waals surface area contributed by atoms with Gasteiger partial charge in [0, 0.05) is 12.4 Å². The Bertz CT molecular complexity index is 124. The molecule has 0 fully saturated rings. The van der Waals surface area contributed by atoms with Gasteiger partial charge in [-0.05, 0) is 13.3 Å². The van der Waals surface area contributed by atoms with Gasteiger partial charge >= 0.3 is 0 Å². The van der Waals surface area contributed by atoms with E-state index in [1.54, 1.807) is 12.4 Å². The lowest BCUT2D eigenvalue weighted by molar-refractivity contribution is 1.21. The van der Waals surface area contributed by atoms with Crippen LogP contribution in [0, 0.1) is 0 Å². The van der Waals surface area contributed by atoms with Crippen LogP contribution in [-0.4, -0.2) is 18.8 Å². The summed E-state index contributed by atoms with van der Waals surface area (Å²) in [5, 5.41) is 7.26. The van der Waals surface area contributed by atoms with Gasteiger partial charge in [0.25, 0.3) is 0 Å². The van der Waals surface area contributed by atoms with Crippen LogP contribution >= 0.6 is 0 Å². The Labute approximate surface area is 55.2 Å². The van der Waals surface area contributed by atoms with Crippen LogP contribution in [0.4, 0.5) is 0 Å². The highest BCUT2D eigenvalue weighted by atomic mass is 15.2. The SMILES string of the molecule is C\C=N/C=N\N=C\CC. The van der Waals surface area contributed by atoms with Gasteiger partial charge in [0.15, 0.2) is 0 Å². The van der Waals surface area contributed by atoms with Crippen LogP contribution in [0.3, 0.4) is 0 Å². The number of rotatable bonds is 3. The van der Waals surface area contributed by atoms with E-state index in [1.165, 1.54) is 6.34 Å². The molecule has 0 N–H and O–H groups in total. The van der Waals surface area contributed by atoms with Gasteiger partial charge < -0.3 is 0 Å². The molecule has 0 aromatic heterocycles. The van der Waals surface area contributed by atoms with Gasteiger partial charge in [-0.2, -0.15) is 5.10 Å². The Hall–Kier alpha value is -0.990. The lowest BCUT2D eigenvalue weighted by Gasteiger charge is -1.72. The van der Waals surface area contributed by atoms with Crippen LogP contribution in [0.5, 0.6) is 0 Å². The van der Waals surface area contributed by atoms with Gasteiger partial charge in [-0.3, -0.25) is 0 Å². The molecular formula is C6H11N3. The first-order valence-corrected chi connectivity index (χ1v) is 2.93. The lowest BCUT2D eigenvalue weighted by Crippen LogP contribution is -1.66. The van der Waals surface area contributed by atoms with Crippen molar-refractivity contribution in [1.82, 2.24) is 0 Å². The molecule has 0 aliphatic rings. The van der Waals surface area contributed by atoms with Crippen molar-refractivity contribution in [3.8, 4) is 0 Å². The molecular weight excluding hydrogens is 114 g/mol. The fourth-order valence-corrected chi connectivity index (χ4v) is 0.255. The normalized spacial score (nSPS) is 12.7. The van der Waals surface area contributed by atoms with Gasteiger partial charge in [0.1, 0.15) is 6.34 Å². The summed E-state index contributed by atoms with van der Waals surface area (Å²) >= 11 is 0. The van der Waals surface area contributed by atoms with E-state index in [2.05, 4.69) is 15.2 Å². The molecule has 0 bridgehead atoms. The van der Waals surface area contributed by atoms with Crippen LogP contribution in [0.25, 0.3) is 0 Å². The van der Waals surface area contributed by atoms with E-state index in [0.717, 1.165) is 6.42 Å². The second-order valence-corrected chi connectivity index (χ2v) is 1.34. The smallest absolute Gasteiger partial charge is 0.137 e. The van der Waals surface area contributed by atoms with Crippen molar-refractivity contribution in [2.75, 3.05) is 0 Å². The van der Waals surface area contributed by atoms with E-state index >= 15 is 0 Å². The van der Waals surface area contributed by atoms with E-state index in [-0.39, 0.29) is 0 Å². The second kappa shape index (κ2) is 7.01. The quantitative estimate of drug-likeness (QED) is 0.311. The van der Waals surface area contributed by atoms with Gasteiger partial charge in [-0.1, -0.05) is 6.92 Å². The fraction of sp³-hybridized carbons (Fsp3) is 0.500. The summed E-state index contributed by atoms with van der Waals surface area (Å²) in [6.07, 6.45) is 5.70. The number of hydrogen-bond acceptors (Lipinski definition) is 2. The van der Waals surface area contributed by atoms with Crippen LogP contribution < -0.4 is 0 Å². The molecule has 0 atom stereocenters. The summed E-state index contributed by atoms with van der Waals surface area (Å²) in [6.45, 7) is 3.83. The average molecular weight is 125 g/mol. The largest absolute Gasteiger partial charge is 0.248 e. The molecule has 0 heterocycles. The molecule has 0 aromatic carbocycles. The van der Waals surface area contributed by atoms with E-state index in [4.69, 9.17) is 0 Å². The molecule has 0 aliphatic carbocycles. The van der Waals surface area contributed by atoms with Crippen LogP contribution in [0.15, 0.2) is 15.2 Å². The van der Waals surface area contributed by atoms with Crippen molar-refractivity contribution >= 4 is 18.8 Å². The third-order valence-electron chi connectivity index (χ3n) is 0.598. The molecule has 0 radical (unpaired) electrons. The minimum absolute atomic E-state index is 0.910. The van der Waals surface area contributed by atoms with Gasteiger partial charge in [0.05, 0.1) is 0 Å². The zero-order chi connectivity index (χ0) is 6.95. The van der Waals surface area contributed by atoms with Gasteiger partial charge in [0.2, 0.25) is 0 Å². The third-order valence-corrected chi connectivity index (χ3v) is 0.598. The molecule has 3 nitrogen and oxygen atoms in total. The molecule has 50 valence electrons. The molecule has 0 unspecified atom stereocenters. The molecule has 9 heavy (non-hydrogen) atoms. The Morgan fingerprint density at radius 3 is 2.67 bits per heavy atom. The minimum atomic E-state index is 0.910. The van der Waals surface area contributed by atoms with E-state index in [1.807, 2.05) is 13.8 Å². The third kappa shape index (κ3) is 7.01. The van der Waals surface area contributed by atoms with Crippen molar-refractivity contribution in [3.63, 3.8) is 0 Å². The standard InChI is InChI=1S/C6H11N3/c1-3-5-8-9-6-7-4-2/h4-6H,3H2,1-2H3/b7-4-,8-5+,9-6-. The van der Waals surface area contributed by atoms with Crippen LogP contribution in [0.1, 0.15) is 20.3 Å². The lowest BCUT2D eigenvalue weighted by atomic mass is 10.6. The molecule has 0 aromatic rings. The van der Waals surface area contributed by atoms with E-state index < -0.39 is 0 Å². The van der Waals surface area contributed by atoms with Crippen molar-refractivity contribution < 1.29 is 0 Å². The minimum Gasteiger partial charge on any atom is -0.248 e. The Morgan fingerprint density at radius 2 is 2.11 bits per heavy atom. The summed E-state index contributed by atoms with van der Waals surface area (Å²) < 4.78 is 0. The Kier molecular flexibility index (Phi) is 6.24. The highest BCUT2D eigenvalue weighted by Crippen LogP contribution is 1.70. The number of nitrogens with zero attached hydrogens (tertiary/aromatic N) is 3. The molecule has 0 rings (SSSR count). The maximum absolute atomic E-state index is 3.71. The molecule has 0 saturated carbocycles. The number of aliphatic imine (C=N–C) groups is 1. The zero-order valence-electron chi connectivity index (χ0n) is 5.78. The summed E-state index contributed by atoms with van der Waals surface area (Å²) in [7, 11) is 0. The second-order valence-electron chi connectivity index (χ2n) is 1.34. The highest BCUT2D eigenvalue weighted by Gasteiger charge is 1.61. The van der Waals surface area contributed by atoms with E-state index in [9.17, 15) is 0 Å². The fourth-order valence-electron chi connectivity index (χ4n) is 0.255. The molecule has 0 spiro atoms. The van der Waals surface area contributed by atoms with Gasteiger partial charge in [-0.15, -0.1) is 5.10 Å². The monoisotopic (exact) mass is 125 g/mol. The molecule has 3 heteroatoms. The maximum atomic E-state index is 3.71. The van der Waals surface area contributed by atoms with Crippen molar-refractivity contribution in [2.24, 2.45) is 15.2 Å². The Morgan fingerprint density at radius 1 is 1.33 bits per heavy atom. The van der Waals surface area contributed by atoms with Crippen molar-refractivity contribution in [2.45, 2.75) is 20.3 Å². The highest BCUT2D eigenvalue weighted by molar-refractivity contribution is 5.70. The maximum Gasteiger partial charge on any atom is 0.137 e. The first kappa shape index (κ1) is 8.01. The number of hydrogen-bond donors (Lipinski definition) is 0. The van der Waals surface area contributed by atoms with Gasteiger partial charge in [-0.25, -0.2) is 4.99 Å².